The van der Waals surface area contributed by atoms with E-state index in [0.29, 0.717) is 6.04 Å². The number of benzene rings is 1. The molecule has 1 aliphatic rings. The first-order valence-electron chi connectivity index (χ1n) is 9.79. The van der Waals surface area contributed by atoms with Crippen LogP contribution in [0.3, 0.4) is 0 Å². The highest BCUT2D eigenvalue weighted by atomic mass is 79.9. The molecule has 0 spiro atoms. The van der Waals surface area contributed by atoms with Crippen molar-refractivity contribution >= 4 is 34.5 Å². The number of hydrogen-bond donors (Lipinski definition) is 0. The van der Waals surface area contributed by atoms with Crippen molar-refractivity contribution in [2.45, 2.75) is 38.6 Å². The third-order valence-corrected chi connectivity index (χ3v) is 5.40. The summed E-state index contributed by atoms with van der Waals surface area (Å²) in [6.45, 7) is 3.03. The van der Waals surface area contributed by atoms with E-state index >= 15 is 0 Å². The second-order valence-corrected chi connectivity index (χ2v) is 7.08. The number of hydrogen-bond acceptors (Lipinski definition) is 2. The quantitative estimate of drug-likeness (QED) is 0.511. The van der Waals surface area contributed by atoms with Crippen LogP contribution in [0.15, 0.2) is 60.8 Å². The molecular formula is C23H26BrN3O. The highest BCUT2D eigenvalue weighted by Crippen LogP contribution is 2.27. The van der Waals surface area contributed by atoms with Gasteiger partial charge in [-0.25, -0.2) is 4.52 Å². The standard InChI is InChI=1S/C23H25N3O.BrH/c1-2-19-12-6-8-16-25(19)22(27)15-14-20-21-13-7-9-17-26(21)24-23(20)18-10-4-3-5-11-18;/h3-5,7,9-11,13-15,17,19H,2,6,8,12,16H2,1H3;1H/t19-;/m1./s1. The minimum absolute atomic E-state index is 0. The molecule has 3 aromatic rings. The molecule has 5 heteroatoms. The Hall–Kier alpha value is -2.40. The van der Waals surface area contributed by atoms with Gasteiger partial charge in [-0.3, -0.25) is 4.79 Å². The van der Waals surface area contributed by atoms with Gasteiger partial charge in [-0.05, 0) is 43.9 Å². The van der Waals surface area contributed by atoms with Gasteiger partial charge in [0.25, 0.3) is 0 Å². The minimum Gasteiger partial charge on any atom is -0.336 e. The molecule has 1 amide bonds. The Kier molecular flexibility index (Phi) is 6.68. The maximum absolute atomic E-state index is 12.9. The lowest BCUT2D eigenvalue weighted by Gasteiger charge is -2.34. The molecule has 1 atom stereocenters. The Morgan fingerprint density at radius 2 is 1.93 bits per heavy atom. The van der Waals surface area contributed by atoms with Gasteiger partial charge in [-0.1, -0.05) is 43.3 Å². The first-order chi connectivity index (χ1) is 13.3. The van der Waals surface area contributed by atoms with Crippen LogP contribution >= 0.6 is 17.0 Å². The Morgan fingerprint density at radius 3 is 2.71 bits per heavy atom. The summed E-state index contributed by atoms with van der Waals surface area (Å²) in [5, 5.41) is 4.75. The highest BCUT2D eigenvalue weighted by molar-refractivity contribution is 8.93. The number of piperidine rings is 1. The summed E-state index contributed by atoms with van der Waals surface area (Å²) in [5.74, 6) is 0.107. The third kappa shape index (κ3) is 4.04. The van der Waals surface area contributed by atoms with Crippen molar-refractivity contribution < 1.29 is 4.79 Å². The van der Waals surface area contributed by atoms with E-state index in [1.807, 2.05) is 58.1 Å². The van der Waals surface area contributed by atoms with Crippen LogP contribution in [-0.4, -0.2) is 33.0 Å². The normalized spacial score (nSPS) is 17.0. The highest BCUT2D eigenvalue weighted by Gasteiger charge is 2.23. The van der Waals surface area contributed by atoms with E-state index in [9.17, 15) is 4.79 Å². The Bertz CT molecular complexity index is 964. The largest absolute Gasteiger partial charge is 0.336 e. The van der Waals surface area contributed by atoms with Gasteiger partial charge in [0.05, 0.1) is 5.52 Å². The number of pyridine rings is 1. The molecule has 3 heterocycles. The minimum atomic E-state index is 0. The molecule has 1 fully saturated rings. The first kappa shape index (κ1) is 20.3. The van der Waals surface area contributed by atoms with Crippen molar-refractivity contribution in [2.24, 2.45) is 0 Å². The Balaban J connectivity index is 0.00000225. The van der Waals surface area contributed by atoms with Crippen molar-refractivity contribution in [1.82, 2.24) is 14.5 Å². The zero-order valence-corrected chi connectivity index (χ0v) is 17.8. The van der Waals surface area contributed by atoms with Gasteiger partial charge in [0.2, 0.25) is 5.91 Å². The van der Waals surface area contributed by atoms with Crippen LogP contribution in [0, 0.1) is 0 Å². The van der Waals surface area contributed by atoms with Gasteiger partial charge in [-0.15, -0.1) is 17.0 Å². The predicted molar refractivity (Wildman–Crippen MR) is 120 cm³/mol. The summed E-state index contributed by atoms with van der Waals surface area (Å²) >= 11 is 0. The summed E-state index contributed by atoms with van der Waals surface area (Å²) in [6.07, 6.45) is 10.1. The number of aromatic nitrogens is 2. The van der Waals surface area contributed by atoms with Gasteiger partial charge in [-0.2, -0.15) is 5.10 Å². The zero-order valence-electron chi connectivity index (χ0n) is 16.1. The SMILES string of the molecule is Br.CC[C@@H]1CCCCN1C(=O)C=Cc1c(-c2ccccc2)nn2ccccc12. The number of fused-ring (bicyclic) bond motifs is 1. The topological polar surface area (TPSA) is 37.6 Å². The number of rotatable bonds is 4. The molecule has 4 rings (SSSR count). The van der Waals surface area contributed by atoms with E-state index in [4.69, 9.17) is 5.10 Å². The van der Waals surface area contributed by atoms with Gasteiger partial charge >= 0.3 is 0 Å². The Morgan fingerprint density at radius 1 is 1.14 bits per heavy atom. The molecule has 0 radical (unpaired) electrons. The van der Waals surface area contributed by atoms with Gasteiger partial charge in [0.1, 0.15) is 5.69 Å². The molecule has 0 aliphatic carbocycles. The van der Waals surface area contributed by atoms with Crippen molar-refractivity contribution in [3.8, 4) is 11.3 Å². The first-order valence-corrected chi connectivity index (χ1v) is 9.79. The van der Waals surface area contributed by atoms with Crippen LogP contribution in [0.1, 0.15) is 38.2 Å². The Labute approximate surface area is 176 Å². The lowest BCUT2D eigenvalue weighted by atomic mass is 10.00. The fraction of sp³-hybridized carbons (Fsp3) is 0.304. The fourth-order valence-corrected chi connectivity index (χ4v) is 3.96. The van der Waals surface area contributed by atoms with E-state index < -0.39 is 0 Å². The molecule has 1 aromatic carbocycles. The molecule has 0 saturated carbocycles. The van der Waals surface area contributed by atoms with Crippen molar-refractivity contribution in [3.63, 3.8) is 0 Å². The maximum atomic E-state index is 12.9. The zero-order chi connectivity index (χ0) is 18.6. The predicted octanol–water partition coefficient (Wildman–Crippen LogP) is 5.38. The molecule has 2 aromatic heterocycles. The maximum Gasteiger partial charge on any atom is 0.246 e. The van der Waals surface area contributed by atoms with E-state index in [0.717, 1.165) is 48.1 Å². The second-order valence-electron chi connectivity index (χ2n) is 7.08. The summed E-state index contributed by atoms with van der Waals surface area (Å²) in [4.78, 5) is 14.9. The van der Waals surface area contributed by atoms with Crippen LogP contribution in [-0.2, 0) is 4.79 Å². The third-order valence-electron chi connectivity index (χ3n) is 5.40. The molecule has 1 aliphatic heterocycles. The van der Waals surface area contributed by atoms with E-state index in [1.54, 1.807) is 6.08 Å². The molecule has 1 saturated heterocycles. The van der Waals surface area contributed by atoms with Gasteiger partial charge in [0.15, 0.2) is 0 Å². The molecule has 146 valence electrons. The second kappa shape index (κ2) is 9.20. The average Bonchev–Trinajstić information content (AvgIpc) is 3.11. The monoisotopic (exact) mass is 439 g/mol. The number of likely N-dealkylation sites (tertiary alicyclic amines) is 1. The van der Waals surface area contributed by atoms with Crippen molar-refractivity contribution in [2.75, 3.05) is 6.54 Å². The van der Waals surface area contributed by atoms with Crippen LogP contribution in [0.4, 0.5) is 0 Å². The number of nitrogens with zero attached hydrogens (tertiary/aromatic N) is 3. The molecule has 4 nitrogen and oxygen atoms in total. The molecular weight excluding hydrogens is 414 g/mol. The number of carbonyl (C=O) groups excluding carboxylic acids is 1. The molecule has 0 N–H and O–H groups in total. The summed E-state index contributed by atoms with van der Waals surface area (Å²) in [7, 11) is 0. The smallest absolute Gasteiger partial charge is 0.246 e. The summed E-state index contributed by atoms with van der Waals surface area (Å²) in [6, 6.07) is 16.5. The van der Waals surface area contributed by atoms with Crippen molar-refractivity contribution in [1.29, 1.82) is 0 Å². The molecule has 0 unspecified atom stereocenters. The van der Waals surface area contributed by atoms with Crippen LogP contribution in [0.5, 0.6) is 0 Å². The van der Waals surface area contributed by atoms with E-state index in [-0.39, 0.29) is 22.9 Å². The lowest BCUT2D eigenvalue weighted by Crippen LogP contribution is -2.42. The summed E-state index contributed by atoms with van der Waals surface area (Å²) in [5.41, 5.74) is 3.94. The van der Waals surface area contributed by atoms with Gasteiger partial charge in [0, 0.05) is 36.0 Å². The summed E-state index contributed by atoms with van der Waals surface area (Å²) < 4.78 is 1.88. The number of carbonyl (C=O) groups is 1. The lowest BCUT2D eigenvalue weighted by molar-refractivity contribution is -0.129. The van der Waals surface area contributed by atoms with E-state index in [1.165, 1.54) is 6.42 Å². The van der Waals surface area contributed by atoms with Crippen LogP contribution in [0.25, 0.3) is 22.9 Å². The van der Waals surface area contributed by atoms with E-state index in [2.05, 4.69) is 19.1 Å². The van der Waals surface area contributed by atoms with Gasteiger partial charge < -0.3 is 4.90 Å². The van der Waals surface area contributed by atoms with Crippen LogP contribution < -0.4 is 0 Å². The molecule has 0 bridgehead atoms. The average molecular weight is 440 g/mol. The van der Waals surface area contributed by atoms with Crippen LogP contribution in [0.2, 0.25) is 0 Å². The number of amides is 1. The fourth-order valence-electron chi connectivity index (χ4n) is 3.96. The molecule has 28 heavy (non-hydrogen) atoms. The number of halogens is 1. The van der Waals surface area contributed by atoms with Crippen molar-refractivity contribution in [3.05, 3.63) is 66.4 Å².